The smallest absolute Gasteiger partial charge is 0.0659 e. The first-order chi connectivity index (χ1) is 4.93. The van der Waals surface area contributed by atoms with Crippen molar-refractivity contribution in [3.8, 4) is 0 Å². The number of nitrogens with zero attached hydrogens (tertiary/aromatic N) is 2. The summed E-state index contributed by atoms with van der Waals surface area (Å²) in [6, 6.07) is 0. The minimum Gasteiger partial charge on any atom is -0.378 e. The highest BCUT2D eigenvalue weighted by molar-refractivity contribution is 5.56. The van der Waals surface area contributed by atoms with Gasteiger partial charge in [0.25, 0.3) is 0 Å². The zero-order valence-corrected chi connectivity index (χ0v) is 6.42. The van der Waals surface area contributed by atoms with Gasteiger partial charge in [-0.1, -0.05) is 6.92 Å². The summed E-state index contributed by atoms with van der Waals surface area (Å²) in [5.74, 6) is 0. The van der Waals surface area contributed by atoms with E-state index in [1.54, 1.807) is 0 Å². The van der Waals surface area contributed by atoms with E-state index in [0.717, 1.165) is 32.7 Å². The van der Waals surface area contributed by atoms with E-state index in [9.17, 15) is 0 Å². The standard InChI is InChI=1S/C7H14N2O/c1-2-3-8-9-4-6-10-7-5-9/h3H,2,4-7H2,1H3/b8-3+. The van der Waals surface area contributed by atoms with Gasteiger partial charge in [0.1, 0.15) is 0 Å². The van der Waals surface area contributed by atoms with Gasteiger partial charge in [0.2, 0.25) is 0 Å². The van der Waals surface area contributed by atoms with Crippen molar-refractivity contribution in [2.45, 2.75) is 13.3 Å². The number of hydrazone groups is 1. The molecule has 1 heterocycles. The summed E-state index contributed by atoms with van der Waals surface area (Å²) in [7, 11) is 0. The maximum absolute atomic E-state index is 5.16. The second kappa shape index (κ2) is 4.28. The maximum atomic E-state index is 5.16. The van der Waals surface area contributed by atoms with Gasteiger partial charge >= 0.3 is 0 Å². The van der Waals surface area contributed by atoms with Crippen LogP contribution in [-0.4, -0.2) is 37.5 Å². The van der Waals surface area contributed by atoms with Gasteiger partial charge in [-0.05, 0) is 6.42 Å². The van der Waals surface area contributed by atoms with Crippen molar-refractivity contribution >= 4 is 6.21 Å². The highest BCUT2D eigenvalue weighted by atomic mass is 16.5. The largest absolute Gasteiger partial charge is 0.378 e. The molecule has 0 atom stereocenters. The molecular formula is C7H14N2O. The van der Waals surface area contributed by atoms with Crippen molar-refractivity contribution in [2.75, 3.05) is 26.3 Å². The van der Waals surface area contributed by atoms with Crippen molar-refractivity contribution in [3.05, 3.63) is 0 Å². The Morgan fingerprint density at radius 1 is 1.50 bits per heavy atom. The molecule has 0 amide bonds. The topological polar surface area (TPSA) is 24.8 Å². The molecule has 58 valence electrons. The maximum Gasteiger partial charge on any atom is 0.0659 e. The van der Waals surface area contributed by atoms with Crippen molar-refractivity contribution in [1.82, 2.24) is 5.01 Å². The van der Waals surface area contributed by atoms with Crippen molar-refractivity contribution in [2.24, 2.45) is 5.10 Å². The van der Waals surface area contributed by atoms with Crippen LogP contribution in [-0.2, 0) is 4.74 Å². The predicted octanol–water partition coefficient (Wildman–Crippen LogP) is 0.714. The van der Waals surface area contributed by atoms with Gasteiger partial charge in [-0.2, -0.15) is 5.10 Å². The zero-order chi connectivity index (χ0) is 7.23. The molecule has 1 saturated heterocycles. The second-order valence-electron chi connectivity index (χ2n) is 2.27. The highest BCUT2D eigenvalue weighted by Gasteiger charge is 2.05. The van der Waals surface area contributed by atoms with E-state index in [4.69, 9.17) is 4.74 Å². The van der Waals surface area contributed by atoms with Gasteiger partial charge in [0, 0.05) is 6.21 Å². The first kappa shape index (κ1) is 7.54. The average molecular weight is 142 g/mol. The summed E-state index contributed by atoms with van der Waals surface area (Å²) >= 11 is 0. The van der Waals surface area contributed by atoms with Crippen LogP contribution in [0, 0.1) is 0 Å². The first-order valence-electron chi connectivity index (χ1n) is 3.78. The number of hydrogen-bond acceptors (Lipinski definition) is 3. The summed E-state index contributed by atoms with van der Waals surface area (Å²) in [6.07, 6.45) is 2.95. The Kier molecular flexibility index (Phi) is 3.22. The summed E-state index contributed by atoms with van der Waals surface area (Å²) in [5, 5.41) is 6.28. The van der Waals surface area contributed by atoms with Gasteiger partial charge in [0.15, 0.2) is 0 Å². The minimum absolute atomic E-state index is 0.820. The fraction of sp³-hybridized carbons (Fsp3) is 0.857. The van der Waals surface area contributed by atoms with E-state index in [2.05, 4.69) is 12.0 Å². The Balaban J connectivity index is 2.19. The van der Waals surface area contributed by atoms with E-state index in [-0.39, 0.29) is 0 Å². The van der Waals surface area contributed by atoms with Crippen molar-refractivity contribution in [3.63, 3.8) is 0 Å². The second-order valence-corrected chi connectivity index (χ2v) is 2.27. The van der Waals surface area contributed by atoms with E-state index >= 15 is 0 Å². The summed E-state index contributed by atoms with van der Waals surface area (Å²) in [6.45, 7) is 5.61. The number of hydrogen-bond donors (Lipinski definition) is 0. The van der Waals surface area contributed by atoms with Crippen LogP contribution >= 0.6 is 0 Å². The number of morpholine rings is 1. The lowest BCUT2D eigenvalue weighted by molar-refractivity contribution is 0.0395. The monoisotopic (exact) mass is 142 g/mol. The SMILES string of the molecule is CC/C=N/N1CCOCC1. The lowest BCUT2D eigenvalue weighted by atomic mass is 10.5. The molecule has 10 heavy (non-hydrogen) atoms. The van der Waals surface area contributed by atoms with Gasteiger partial charge in [0.05, 0.1) is 26.3 Å². The number of rotatable bonds is 2. The summed E-state index contributed by atoms with van der Waals surface area (Å²) in [4.78, 5) is 0. The molecule has 0 aliphatic carbocycles. The van der Waals surface area contributed by atoms with Crippen LogP contribution in [0.25, 0.3) is 0 Å². The van der Waals surface area contributed by atoms with E-state index in [0.29, 0.717) is 0 Å². The van der Waals surface area contributed by atoms with Crippen LogP contribution < -0.4 is 0 Å². The molecular weight excluding hydrogens is 128 g/mol. The molecule has 0 aromatic rings. The van der Waals surface area contributed by atoms with Crippen molar-refractivity contribution in [1.29, 1.82) is 0 Å². The Hall–Kier alpha value is -0.570. The first-order valence-corrected chi connectivity index (χ1v) is 3.78. The molecule has 0 spiro atoms. The van der Waals surface area contributed by atoms with Crippen LogP contribution in [0.15, 0.2) is 5.10 Å². The molecule has 0 unspecified atom stereocenters. The molecule has 1 aliphatic rings. The van der Waals surface area contributed by atoms with E-state index < -0.39 is 0 Å². The molecule has 0 radical (unpaired) electrons. The Morgan fingerprint density at radius 3 is 2.80 bits per heavy atom. The zero-order valence-electron chi connectivity index (χ0n) is 6.42. The lowest BCUT2D eigenvalue weighted by Gasteiger charge is -2.23. The Labute approximate surface area is 61.7 Å². The van der Waals surface area contributed by atoms with Crippen LogP contribution in [0.5, 0.6) is 0 Å². The quantitative estimate of drug-likeness (QED) is 0.530. The van der Waals surface area contributed by atoms with Gasteiger partial charge < -0.3 is 4.74 Å². The fourth-order valence-corrected chi connectivity index (χ4v) is 0.866. The third-order valence-corrected chi connectivity index (χ3v) is 1.42. The van der Waals surface area contributed by atoms with Crippen LogP contribution in [0.2, 0.25) is 0 Å². The average Bonchev–Trinajstić information content (AvgIpc) is 2.03. The summed E-state index contributed by atoms with van der Waals surface area (Å²) < 4.78 is 5.16. The molecule has 0 N–H and O–H groups in total. The van der Waals surface area contributed by atoms with Gasteiger partial charge in [-0.3, -0.25) is 5.01 Å². The van der Waals surface area contributed by atoms with Crippen LogP contribution in [0.4, 0.5) is 0 Å². The third kappa shape index (κ3) is 2.35. The minimum atomic E-state index is 0.820. The molecule has 0 bridgehead atoms. The highest BCUT2D eigenvalue weighted by Crippen LogP contribution is 1.95. The molecule has 0 saturated carbocycles. The molecule has 3 nitrogen and oxygen atoms in total. The van der Waals surface area contributed by atoms with Crippen LogP contribution in [0.1, 0.15) is 13.3 Å². The molecule has 1 aliphatic heterocycles. The normalized spacial score (nSPS) is 20.3. The van der Waals surface area contributed by atoms with Gasteiger partial charge in [-0.25, -0.2) is 0 Å². The van der Waals surface area contributed by atoms with Crippen LogP contribution in [0.3, 0.4) is 0 Å². The van der Waals surface area contributed by atoms with E-state index in [1.165, 1.54) is 0 Å². The molecule has 1 rings (SSSR count). The predicted molar refractivity (Wildman–Crippen MR) is 41.2 cm³/mol. The lowest BCUT2D eigenvalue weighted by Crippen LogP contribution is -2.32. The molecule has 0 aromatic carbocycles. The fourth-order valence-electron chi connectivity index (χ4n) is 0.866. The summed E-state index contributed by atoms with van der Waals surface area (Å²) in [5.41, 5.74) is 0. The molecule has 0 aromatic heterocycles. The van der Waals surface area contributed by atoms with Crippen molar-refractivity contribution < 1.29 is 4.74 Å². The molecule has 1 fully saturated rings. The Bertz CT molecular complexity index is 108. The third-order valence-electron chi connectivity index (χ3n) is 1.42. The number of ether oxygens (including phenoxy) is 1. The Morgan fingerprint density at radius 2 is 2.20 bits per heavy atom. The van der Waals surface area contributed by atoms with E-state index in [1.807, 2.05) is 11.2 Å². The van der Waals surface area contributed by atoms with Gasteiger partial charge in [-0.15, -0.1) is 0 Å². The molecule has 3 heteroatoms.